The van der Waals surface area contributed by atoms with E-state index in [1.54, 1.807) is 12.1 Å². The Kier molecular flexibility index (Phi) is 2.88. The Morgan fingerprint density at radius 2 is 1.50 bits per heavy atom. The number of hydrogen-bond acceptors (Lipinski definition) is 2. The number of benzene rings is 2. The molecule has 0 saturated carbocycles. The molecular formula is C14H8Br2O2. The Morgan fingerprint density at radius 3 is 2.22 bits per heavy atom. The summed E-state index contributed by atoms with van der Waals surface area (Å²) in [5, 5.41) is 10.1. The van der Waals surface area contributed by atoms with Crippen LogP contribution in [0.15, 0.2) is 45.3 Å². The Hall–Kier alpha value is -0.970. The van der Waals surface area contributed by atoms with E-state index in [-0.39, 0.29) is 5.78 Å². The molecule has 0 fully saturated rings. The molecule has 2 nitrogen and oxygen atoms in total. The Morgan fingerprint density at radius 1 is 0.889 bits per heavy atom. The summed E-state index contributed by atoms with van der Waals surface area (Å²) in [6.45, 7) is 0. The second-order valence-electron chi connectivity index (χ2n) is 4.19. The Balaban J connectivity index is 2.34. The smallest absolute Gasteiger partial charge is 0.196 e. The van der Waals surface area contributed by atoms with Crippen LogP contribution in [0, 0.1) is 0 Å². The number of carbonyl (C=O) groups is 1. The van der Waals surface area contributed by atoms with Crippen molar-refractivity contribution in [3.05, 3.63) is 56.5 Å². The van der Waals surface area contributed by atoms with Crippen LogP contribution < -0.4 is 0 Å². The molecule has 0 bridgehead atoms. The van der Waals surface area contributed by atoms with E-state index >= 15 is 0 Å². The highest BCUT2D eigenvalue weighted by Crippen LogP contribution is 2.40. The van der Waals surface area contributed by atoms with Crippen molar-refractivity contribution >= 4 is 37.6 Å². The largest absolute Gasteiger partial charge is 0.380 e. The lowest BCUT2D eigenvalue weighted by Gasteiger charge is -2.23. The van der Waals surface area contributed by atoms with Crippen molar-refractivity contribution in [3.63, 3.8) is 0 Å². The third-order valence-corrected chi connectivity index (χ3v) is 4.08. The van der Waals surface area contributed by atoms with Crippen molar-refractivity contribution in [2.24, 2.45) is 0 Å². The van der Waals surface area contributed by atoms with E-state index in [4.69, 9.17) is 0 Å². The maximum absolute atomic E-state index is 12.2. The normalized spacial score (nSPS) is 17.3. The summed E-state index contributed by atoms with van der Waals surface area (Å²) in [4.78, 5) is 12.2. The van der Waals surface area contributed by atoms with Crippen LogP contribution in [0.25, 0.3) is 11.1 Å². The summed E-state index contributed by atoms with van der Waals surface area (Å²) in [5.74, 6) is -0.253. The standard InChI is InChI=1S/C14H8Br2O2/c15-7-1-3-9-10-4-2-8(16)6-12(10)14(18)13(17)11(9)5-7/h1-6,13,17H. The van der Waals surface area contributed by atoms with Crippen LogP contribution in [0.4, 0.5) is 0 Å². The van der Waals surface area contributed by atoms with Gasteiger partial charge in [0.15, 0.2) is 5.78 Å². The lowest BCUT2D eigenvalue weighted by molar-refractivity contribution is 0.0744. The minimum atomic E-state index is -1.08. The molecule has 1 aliphatic carbocycles. The van der Waals surface area contributed by atoms with E-state index < -0.39 is 6.10 Å². The van der Waals surface area contributed by atoms with Gasteiger partial charge in [-0.1, -0.05) is 44.0 Å². The Bertz CT molecular complexity index is 665. The minimum absolute atomic E-state index is 0.253. The van der Waals surface area contributed by atoms with Crippen molar-refractivity contribution in [1.29, 1.82) is 0 Å². The summed E-state index contributed by atoms with van der Waals surface area (Å²) in [5.41, 5.74) is 3.00. The van der Waals surface area contributed by atoms with E-state index in [1.807, 2.05) is 24.3 Å². The van der Waals surface area contributed by atoms with Crippen LogP contribution >= 0.6 is 31.9 Å². The molecule has 4 heteroatoms. The fourth-order valence-electron chi connectivity index (χ4n) is 2.25. The number of carbonyl (C=O) groups excluding carboxylic acids is 1. The van der Waals surface area contributed by atoms with Gasteiger partial charge in [0.05, 0.1) is 0 Å². The van der Waals surface area contributed by atoms with E-state index in [2.05, 4.69) is 31.9 Å². The minimum Gasteiger partial charge on any atom is -0.380 e. The molecule has 0 radical (unpaired) electrons. The van der Waals surface area contributed by atoms with E-state index in [1.165, 1.54) is 0 Å². The first kappa shape index (κ1) is 12.1. The number of halogens is 2. The predicted molar refractivity (Wildman–Crippen MR) is 76.6 cm³/mol. The third kappa shape index (κ3) is 1.76. The van der Waals surface area contributed by atoms with Gasteiger partial charge in [-0.15, -0.1) is 0 Å². The molecule has 0 aromatic heterocycles. The number of ketones is 1. The number of hydrogen-bond donors (Lipinski definition) is 1. The number of fused-ring (bicyclic) bond motifs is 3. The van der Waals surface area contributed by atoms with Crippen LogP contribution in [-0.2, 0) is 0 Å². The first-order valence-corrected chi connectivity index (χ1v) is 6.98. The van der Waals surface area contributed by atoms with Crippen LogP contribution in [-0.4, -0.2) is 10.9 Å². The summed E-state index contributed by atoms with van der Waals surface area (Å²) in [6.07, 6.45) is -1.08. The molecule has 2 aromatic carbocycles. The fourth-order valence-corrected chi connectivity index (χ4v) is 2.99. The third-order valence-electron chi connectivity index (χ3n) is 3.09. The van der Waals surface area contributed by atoms with Crippen molar-refractivity contribution in [2.75, 3.05) is 0 Å². The van der Waals surface area contributed by atoms with Crippen LogP contribution in [0.5, 0.6) is 0 Å². The summed E-state index contributed by atoms with van der Waals surface area (Å²) in [7, 11) is 0. The summed E-state index contributed by atoms with van der Waals surface area (Å²) < 4.78 is 1.69. The SMILES string of the molecule is O=C1c2cc(Br)ccc2-c2ccc(Br)cc2C1O. The van der Waals surface area contributed by atoms with E-state index in [0.29, 0.717) is 11.1 Å². The molecule has 0 heterocycles. The molecule has 1 aliphatic rings. The van der Waals surface area contributed by atoms with Crippen molar-refractivity contribution in [1.82, 2.24) is 0 Å². The molecule has 0 amide bonds. The zero-order valence-electron chi connectivity index (χ0n) is 9.15. The number of rotatable bonds is 0. The molecule has 1 atom stereocenters. The molecular weight excluding hydrogens is 360 g/mol. The Labute approximate surface area is 121 Å². The van der Waals surface area contributed by atoms with Crippen LogP contribution in [0.3, 0.4) is 0 Å². The maximum Gasteiger partial charge on any atom is 0.196 e. The van der Waals surface area contributed by atoms with Gasteiger partial charge >= 0.3 is 0 Å². The molecule has 0 spiro atoms. The lowest BCUT2D eigenvalue weighted by atomic mass is 9.83. The van der Waals surface area contributed by atoms with Crippen molar-refractivity contribution in [2.45, 2.75) is 6.10 Å². The van der Waals surface area contributed by atoms with Gasteiger partial charge in [0.25, 0.3) is 0 Å². The quantitative estimate of drug-likeness (QED) is 0.760. The maximum atomic E-state index is 12.2. The second-order valence-corrected chi connectivity index (χ2v) is 6.02. The van der Waals surface area contributed by atoms with Crippen molar-refractivity contribution < 1.29 is 9.90 Å². The second kappa shape index (κ2) is 4.30. The zero-order valence-corrected chi connectivity index (χ0v) is 12.3. The molecule has 0 aliphatic heterocycles. The highest BCUT2D eigenvalue weighted by Gasteiger charge is 2.30. The molecule has 3 rings (SSSR count). The van der Waals surface area contributed by atoms with Gasteiger partial charge in [-0.2, -0.15) is 0 Å². The number of Topliss-reactive ketones (excluding diaryl/α,β-unsaturated/α-hetero) is 1. The van der Waals surface area contributed by atoms with Gasteiger partial charge < -0.3 is 5.11 Å². The van der Waals surface area contributed by atoms with Crippen LogP contribution in [0.1, 0.15) is 22.0 Å². The lowest BCUT2D eigenvalue weighted by Crippen LogP contribution is -2.19. The monoisotopic (exact) mass is 366 g/mol. The fraction of sp³-hybridized carbons (Fsp3) is 0.0714. The summed E-state index contributed by atoms with van der Waals surface area (Å²) in [6, 6.07) is 11.2. The van der Waals surface area contributed by atoms with E-state index in [0.717, 1.165) is 20.1 Å². The van der Waals surface area contributed by atoms with Gasteiger partial charge in [-0.25, -0.2) is 0 Å². The topological polar surface area (TPSA) is 37.3 Å². The molecule has 1 N–H and O–H groups in total. The van der Waals surface area contributed by atoms with Gasteiger partial charge in [-0.05, 0) is 41.0 Å². The van der Waals surface area contributed by atoms with Gasteiger partial charge in [0.1, 0.15) is 6.10 Å². The zero-order chi connectivity index (χ0) is 12.9. The van der Waals surface area contributed by atoms with Gasteiger partial charge in [0.2, 0.25) is 0 Å². The first-order valence-electron chi connectivity index (χ1n) is 5.39. The molecule has 0 saturated heterocycles. The van der Waals surface area contributed by atoms with E-state index in [9.17, 15) is 9.90 Å². The molecule has 2 aromatic rings. The molecule has 18 heavy (non-hydrogen) atoms. The highest BCUT2D eigenvalue weighted by atomic mass is 79.9. The van der Waals surface area contributed by atoms with Gasteiger partial charge in [0, 0.05) is 14.5 Å². The number of aliphatic hydroxyl groups is 1. The highest BCUT2D eigenvalue weighted by molar-refractivity contribution is 9.10. The summed E-state index contributed by atoms with van der Waals surface area (Å²) >= 11 is 6.71. The van der Waals surface area contributed by atoms with Crippen molar-refractivity contribution in [3.8, 4) is 11.1 Å². The number of aliphatic hydroxyl groups excluding tert-OH is 1. The molecule has 90 valence electrons. The first-order chi connectivity index (χ1) is 8.58. The van der Waals surface area contributed by atoms with Gasteiger partial charge in [-0.3, -0.25) is 4.79 Å². The average molecular weight is 368 g/mol. The molecule has 1 unspecified atom stereocenters. The van der Waals surface area contributed by atoms with Crippen LogP contribution in [0.2, 0.25) is 0 Å². The average Bonchev–Trinajstić information content (AvgIpc) is 2.36. The predicted octanol–water partition coefficient (Wildman–Crippen LogP) is 4.11.